The topological polar surface area (TPSA) is 118 Å². The molecule has 0 unspecified atom stereocenters. The largest absolute Gasteiger partial charge is 0.507 e. The normalized spacial score (nSPS) is 11.9. The molecule has 0 aliphatic carbocycles. The molecule has 0 bridgehead atoms. The first-order valence-electron chi connectivity index (χ1n) is 11.5. The minimum absolute atomic E-state index is 0.0644. The van der Waals surface area contributed by atoms with Gasteiger partial charge in [0.25, 0.3) is 0 Å². The molecular weight excluding hydrogens is 442 g/mol. The van der Waals surface area contributed by atoms with E-state index in [9.17, 15) is 20.4 Å². The van der Waals surface area contributed by atoms with Gasteiger partial charge in [-0.3, -0.25) is 9.98 Å². The Morgan fingerprint density at radius 2 is 0.943 bits per heavy atom. The van der Waals surface area contributed by atoms with Gasteiger partial charge in [0.05, 0.1) is 0 Å². The predicted molar refractivity (Wildman–Crippen MR) is 142 cm³/mol. The van der Waals surface area contributed by atoms with Crippen LogP contribution < -0.4 is 5.32 Å². The number of rotatable bonds is 8. The fourth-order valence-electron chi connectivity index (χ4n) is 4.12. The molecule has 0 aliphatic heterocycles. The highest BCUT2D eigenvalue weighted by molar-refractivity contribution is 6.00. The van der Waals surface area contributed by atoms with Gasteiger partial charge in [0, 0.05) is 58.2 Å². The van der Waals surface area contributed by atoms with Crippen LogP contribution in [0.1, 0.15) is 24.0 Å². The van der Waals surface area contributed by atoms with Crippen molar-refractivity contribution in [3.05, 3.63) is 59.7 Å². The van der Waals surface area contributed by atoms with E-state index in [4.69, 9.17) is 0 Å². The van der Waals surface area contributed by atoms with Gasteiger partial charge in [0.1, 0.15) is 34.4 Å². The van der Waals surface area contributed by atoms with Crippen LogP contribution in [0.5, 0.6) is 23.0 Å². The molecule has 0 amide bonds. The summed E-state index contributed by atoms with van der Waals surface area (Å²) in [5.74, 6) is 0.386. The minimum Gasteiger partial charge on any atom is -0.507 e. The summed E-state index contributed by atoms with van der Waals surface area (Å²) in [6, 6.07) is 14.3. The SMILES string of the molecule is Cc1c(N=CCCNCCC=Nc2c(C)c(O)c3ccccc3c2O)c(O)c2ccccc2c1O. The van der Waals surface area contributed by atoms with Crippen LogP contribution in [0.15, 0.2) is 58.5 Å². The molecular formula is C28H29N3O4. The van der Waals surface area contributed by atoms with Crippen molar-refractivity contribution < 1.29 is 20.4 Å². The molecule has 5 N–H and O–H groups in total. The summed E-state index contributed by atoms with van der Waals surface area (Å²) in [6.45, 7) is 4.83. The van der Waals surface area contributed by atoms with E-state index < -0.39 is 0 Å². The first-order chi connectivity index (χ1) is 16.9. The van der Waals surface area contributed by atoms with Crippen molar-refractivity contribution in [2.24, 2.45) is 9.98 Å². The van der Waals surface area contributed by atoms with Gasteiger partial charge in [-0.15, -0.1) is 0 Å². The number of nitrogens with one attached hydrogen (secondary N) is 1. The first kappa shape index (κ1) is 24.0. The first-order valence-corrected chi connectivity index (χ1v) is 11.5. The third-order valence-electron chi connectivity index (χ3n) is 6.09. The molecule has 4 aromatic carbocycles. The number of aliphatic imine (C=N–C) groups is 2. The Bertz CT molecular complexity index is 1330. The van der Waals surface area contributed by atoms with Crippen molar-refractivity contribution in [3.8, 4) is 23.0 Å². The molecule has 0 saturated carbocycles. The second kappa shape index (κ2) is 10.4. The Kier molecular flexibility index (Phi) is 7.17. The summed E-state index contributed by atoms with van der Waals surface area (Å²) in [7, 11) is 0. The fraction of sp³-hybridized carbons (Fsp3) is 0.214. The van der Waals surface area contributed by atoms with Crippen LogP contribution in [-0.2, 0) is 0 Å². The molecule has 0 radical (unpaired) electrons. The van der Waals surface area contributed by atoms with Gasteiger partial charge < -0.3 is 25.7 Å². The van der Waals surface area contributed by atoms with E-state index in [0.29, 0.717) is 70.0 Å². The van der Waals surface area contributed by atoms with Crippen molar-refractivity contribution in [1.82, 2.24) is 5.32 Å². The standard InChI is InChI=1S/C28H29N3O4/c1-17-23(27(34)21-11-5-3-9-19(21)25(17)32)30-15-7-13-29-14-8-16-31-24-18(2)26(33)20-10-4-6-12-22(20)28(24)35/h3-6,9-12,15-16,29,32-35H,7-8,13-14H2,1-2H3. The molecule has 7 heteroatoms. The zero-order chi connectivity index (χ0) is 24.9. The lowest BCUT2D eigenvalue weighted by molar-refractivity contribution is 0.467. The van der Waals surface area contributed by atoms with Crippen molar-refractivity contribution >= 4 is 45.3 Å². The number of hydrogen-bond donors (Lipinski definition) is 5. The molecule has 4 rings (SSSR count). The highest BCUT2D eigenvalue weighted by Crippen LogP contribution is 2.45. The molecule has 35 heavy (non-hydrogen) atoms. The van der Waals surface area contributed by atoms with Crippen LogP contribution in [0.2, 0.25) is 0 Å². The zero-order valence-corrected chi connectivity index (χ0v) is 19.8. The summed E-state index contributed by atoms with van der Waals surface area (Å²) in [5.41, 5.74) is 1.84. The number of fused-ring (bicyclic) bond motifs is 2. The number of benzene rings is 4. The summed E-state index contributed by atoms with van der Waals surface area (Å²) < 4.78 is 0. The highest BCUT2D eigenvalue weighted by Gasteiger charge is 2.15. The third kappa shape index (κ3) is 4.76. The lowest BCUT2D eigenvalue weighted by Gasteiger charge is -2.11. The van der Waals surface area contributed by atoms with Gasteiger partial charge in [-0.05, 0) is 26.7 Å². The summed E-state index contributed by atoms with van der Waals surface area (Å²) in [4.78, 5) is 8.78. The number of phenolic OH excluding ortho intramolecular Hbond substituents is 4. The quantitative estimate of drug-likeness (QED) is 0.124. The fourth-order valence-corrected chi connectivity index (χ4v) is 4.12. The smallest absolute Gasteiger partial charge is 0.149 e. The molecule has 7 nitrogen and oxygen atoms in total. The van der Waals surface area contributed by atoms with E-state index in [1.165, 1.54) is 0 Å². The minimum atomic E-state index is 0.0644. The maximum Gasteiger partial charge on any atom is 0.149 e. The van der Waals surface area contributed by atoms with Crippen LogP contribution in [0, 0.1) is 13.8 Å². The van der Waals surface area contributed by atoms with Crippen molar-refractivity contribution in [3.63, 3.8) is 0 Å². The molecule has 0 saturated heterocycles. The maximum absolute atomic E-state index is 10.6. The molecule has 0 atom stereocenters. The van der Waals surface area contributed by atoms with Gasteiger partial charge in [-0.25, -0.2) is 0 Å². The Balaban J connectivity index is 1.31. The number of hydrogen-bond acceptors (Lipinski definition) is 7. The van der Waals surface area contributed by atoms with E-state index >= 15 is 0 Å². The molecule has 0 aromatic heterocycles. The number of phenols is 4. The van der Waals surface area contributed by atoms with Gasteiger partial charge >= 0.3 is 0 Å². The summed E-state index contributed by atoms with van der Waals surface area (Å²) in [5, 5.41) is 47.7. The zero-order valence-electron chi connectivity index (χ0n) is 19.8. The number of aromatic hydroxyl groups is 4. The predicted octanol–water partition coefficient (Wildman–Crippen LogP) is 5.91. The van der Waals surface area contributed by atoms with Crippen LogP contribution in [0.25, 0.3) is 21.5 Å². The average Bonchev–Trinajstić information content (AvgIpc) is 2.88. The summed E-state index contributed by atoms with van der Waals surface area (Å²) >= 11 is 0. The molecule has 0 fully saturated rings. The molecule has 0 heterocycles. The van der Waals surface area contributed by atoms with Crippen LogP contribution in [0.3, 0.4) is 0 Å². The van der Waals surface area contributed by atoms with Crippen molar-refractivity contribution in [2.45, 2.75) is 26.7 Å². The van der Waals surface area contributed by atoms with Crippen molar-refractivity contribution in [1.29, 1.82) is 0 Å². The second-order valence-corrected chi connectivity index (χ2v) is 8.38. The highest BCUT2D eigenvalue weighted by atomic mass is 16.3. The lowest BCUT2D eigenvalue weighted by Crippen LogP contribution is -2.17. The van der Waals surface area contributed by atoms with E-state index in [1.807, 2.05) is 24.3 Å². The van der Waals surface area contributed by atoms with E-state index in [2.05, 4.69) is 15.3 Å². The van der Waals surface area contributed by atoms with Gasteiger partial charge in [-0.2, -0.15) is 0 Å². The third-order valence-corrected chi connectivity index (χ3v) is 6.09. The molecule has 0 spiro atoms. The molecule has 180 valence electrons. The lowest BCUT2D eigenvalue weighted by atomic mass is 10.0. The van der Waals surface area contributed by atoms with E-state index in [1.54, 1.807) is 50.5 Å². The Morgan fingerprint density at radius 3 is 1.31 bits per heavy atom. The van der Waals surface area contributed by atoms with Gasteiger partial charge in [-0.1, -0.05) is 48.5 Å². The van der Waals surface area contributed by atoms with Crippen molar-refractivity contribution in [2.75, 3.05) is 13.1 Å². The van der Waals surface area contributed by atoms with E-state index in [-0.39, 0.29) is 23.0 Å². The average molecular weight is 472 g/mol. The Labute approximate surface area is 203 Å². The molecule has 0 aliphatic rings. The van der Waals surface area contributed by atoms with E-state index in [0.717, 1.165) is 0 Å². The van der Waals surface area contributed by atoms with Crippen LogP contribution >= 0.6 is 0 Å². The monoisotopic (exact) mass is 471 g/mol. The number of nitrogens with zero attached hydrogens (tertiary/aromatic N) is 2. The summed E-state index contributed by atoms with van der Waals surface area (Å²) in [6.07, 6.45) is 4.72. The maximum atomic E-state index is 10.6. The molecule has 4 aromatic rings. The van der Waals surface area contributed by atoms with Crippen LogP contribution in [-0.4, -0.2) is 45.9 Å². The van der Waals surface area contributed by atoms with Crippen LogP contribution in [0.4, 0.5) is 11.4 Å². The second-order valence-electron chi connectivity index (χ2n) is 8.38. The Morgan fingerprint density at radius 1 is 0.600 bits per heavy atom. The Hall–Kier alpha value is -4.10. The van der Waals surface area contributed by atoms with Gasteiger partial charge in [0.15, 0.2) is 0 Å². The van der Waals surface area contributed by atoms with Gasteiger partial charge in [0.2, 0.25) is 0 Å².